The Morgan fingerprint density at radius 2 is 1.89 bits per heavy atom. The molecule has 2 aliphatic heterocycles. The fraction of sp³-hybridized carbons (Fsp3) is 0.500. The van der Waals surface area contributed by atoms with E-state index in [-0.39, 0.29) is 23.9 Å². The van der Waals surface area contributed by atoms with Crippen molar-refractivity contribution >= 4 is 29.2 Å². The minimum Gasteiger partial charge on any atom is -0.493 e. The number of piperidine rings is 1. The van der Waals surface area contributed by atoms with E-state index in [4.69, 9.17) is 21.1 Å². The van der Waals surface area contributed by atoms with Crippen LogP contribution in [-0.4, -0.2) is 67.3 Å². The van der Waals surface area contributed by atoms with E-state index in [9.17, 15) is 9.59 Å². The largest absolute Gasteiger partial charge is 0.493 e. The molecule has 0 saturated carbocycles. The molecule has 2 aliphatic rings. The maximum absolute atomic E-state index is 13.6. The predicted molar refractivity (Wildman–Crippen MR) is 145 cm³/mol. The SMILES string of the molecule is CCC(C)C1NC2(CCN(C(=O)Nc3cccc(Cl)c3)CC2)N(CCc2ccc(OC)c(OC)c2)C1=O. The van der Waals surface area contributed by atoms with Crippen LogP contribution in [0.15, 0.2) is 42.5 Å². The van der Waals surface area contributed by atoms with E-state index in [0.29, 0.717) is 61.1 Å². The summed E-state index contributed by atoms with van der Waals surface area (Å²) < 4.78 is 10.8. The van der Waals surface area contributed by atoms with Gasteiger partial charge in [-0.2, -0.15) is 0 Å². The summed E-state index contributed by atoms with van der Waals surface area (Å²) in [6, 6.07) is 12.6. The number of carbonyl (C=O) groups is 2. The first kappa shape index (κ1) is 27.1. The highest BCUT2D eigenvalue weighted by Crippen LogP contribution is 2.36. The second-order valence-electron chi connectivity index (χ2n) is 9.90. The van der Waals surface area contributed by atoms with Gasteiger partial charge in [0.05, 0.1) is 25.9 Å². The Hall–Kier alpha value is -2.97. The molecule has 3 amide bonds. The van der Waals surface area contributed by atoms with E-state index in [1.54, 1.807) is 31.3 Å². The molecular weight excluding hydrogens is 492 g/mol. The third kappa shape index (κ3) is 5.80. The van der Waals surface area contributed by atoms with Gasteiger partial charge < -0.3 is 24.6 Å². The number of anilines is 1. The van der Waals surface area contributed by atoms with Crippen molar-refractivity contribution in [2.45, 2.75) is 51.2 Å². The Morgan fingerprint density at radius 1 is 1.16 bits per heavy atom. The molecule has 0 aromatic heterocycles. The van der Waals surface area contributed by atoms with Crippen LogP contribution in [0.1, 0.15) is 38.7 Å². The number of hydrogen-bond donors (Lipinski definition) is 2. The summed E-state index contributed by atoms with van der Waals surface area (Å²) in [7, 11) is 3.24. The summed E-state index contributed by atoms with van der Waals surface area (Å²) in [5.41, 5.74) is 1.28. The topological polar surface area (TPSA) is 83.1 Å². The summed E-state index contributed by atoms with van der Waals surface area (Å²) in [6.45, 7) is 5.92. The Labute approximate surface area is 224 Å². The second-order valence-corrected chi connectivity index (χ2v) is 10.3. The summed E-state index contributed by atoms with van der Waals surface area (Å²) >= 11 is 6.06. The molecule has 8 nitrogen and oxygen atoms in total. The summed E-state index contributed by atoms with van der Waals surface area (Å²) in [6.07, 6.45) is 2.94. The number of ether oxygens (including phenoxy) is 2. The first-order valence-corrected chi connectivity index (χ1v) is 13.3. The summed E-state index contributed by atoms with van der Waals surface area (Å²) in [5.74, 6) is 1.73. The molecule has 2 saturated heterocycles. The molecule has 37 heavy (non-hydrogen) atoms. The van der Waals surface area contributed by atoms with Gasteiger partial charge in [0, 0.05) is 43.2 Å². The lowest BCUT2D eigenvalue weighted by atomic mass is 9.95. The van der Waals surface area contributed by atoms with Gasteiger partial charge in [-0.05, 0) is 48.2 Å². The first-order valence-electron chi connectivity index (χ1n) is 12.9. The molecule has 2 aromatic rings. The second kappa shape index (κ2) is 11.6. The van der Waals surface area contributed by atoms with E-state index < -0.39 is 5.66 Å². The number of nitrogens with one attached hydrogen (secondary N) is 2. The number of rotatable bonds is 8. The molecule has 2 N–H and O–H groups in total. The van der Waals surface area contributed by atoms with Crippen molar-refractivity contribution in [3.8, 4) is 11.5 Å². The maximum Gasteiger partial charge on any atom is 0.321 e. The first-order chi connectivity index (χ1) is 17.8. The van der Waals surface area contributed by atoms with E-state index in [1.165, 1.54) is 0 Å². The molecule has 0 aliphatic carbocycles. The van der Waals surface area contributed by atoms with E-state index >= 15 is 0 Å². The van der Waals surface area contributed by atoms with Crippen LogP contribution in [0.3, 0.4) is 0 Å². The number of hydrogen-bond acceptors (Lipinski definition) is 5. The third-order valence-electron chi connectivity index (χ3n) is 7.71. The molecule has 9 heteroatoms. The Bertz CT molecular complexity index is 1120. The van der Waals surface area contributed by atoms with Gasteiger partial charge in [-0.25, -0.2) is 4.79 Å². The van der Waals surface area contributed by atoms with Crippen LogP contribution in [-0.2, 0) is 11.2 Å². The number of amides is 3. The smallest absolute Gasteiger partial charge is 0.321 e. The van der Waals surface area contributed by atoms with Crippen molar-refractivity contribution in [1.82, 2.24) is 15.1 Å². The molecule has 2 unspecified atom stereocenters. The molecule has 2 aromatic carbocycles. The van der Waals surface area contributed by atoms with E-state index in [0.717, 1.165) is 12.0 Å². The van der Waals surface area contributed by atoms with Crippen molar-refractivity contribution in [1.29, 1.82) is 0 Å². The molecule has 0 bridgehead atoms. The van der Waals surface area contributed by atoms with Crippen molar-refractivity contribution in [2.75, 3.05) is 39.2 Å². The average molecular weight is 529 g/mol. The Kier molecular flexibility index (Phi) is 8.49. The molecule has 2 heterocycles. The van der Waals surface area contributed by atoms with Crippen LogP contribution in [0.4, 0.5) is 10.5 Å². The van der Waals surface area contributed by atoms with E-state index in [2.05, 4.69) is 24.5 Å². The van der Waals surface area contributed by atoms with Crippen molar-refractivity contribution < 1.29 is 19.1 Å². The van der Waals surface area contributed by atoms with Gasteiger partial charge in [-0.1, -0.05) is 44.0 Å². The minimum absolute atomic E-state index is 0.145. The lowest BCUT2D eigenvalue weighted by Gasteiger charge is -2.44. The molecule has 2 fully saturated rings. The summed E-state index contributed by atoms with van der Waals surface area (Å²) in [4.78, 5) is 30.4. The predicted octanol–water partition coefficient (Wildman–Crippen LogP) is 4.77. The lowest BCUT2D eigenvalue weighted by Crippen LogP contribution is -2.60. The molecule has 2 atom stereocenters. The van der Waals surface area contributed by atoms with Gasteiger partial charge in [0.25, 0.3) is 0 Å². The quantitative estimate of drug-likeness (QED) is 0.515. The molecule has 200 valence electrons. The van der Waals surface area contributed by atoms with Crippen LogP contribution < -0.4 is 20.1 Å². The molecular formula is C28H37ClN4O4. The zero-order valence-electron chi connectivity index (χ0n) is 22.1. The Balaban J connectivity index is 1.47. The summed E-state index contributed by atoms with van der Waals surface area (Å²) in [5, 5.41) is 7.21. The zero-order valence-corrected chi connectivity index (χ0v) is 22.8. The van der Waals surface area contributed by atoms with Crippen molar-refractivity contribution in [3.05, 3.63) is 53.1 Å². The molecule has 0 radical (unpaired) electrons. The number of nitrogens with zero attached hydrogens (tertiary/aromatic N) is 2. The highest BCUT2D eigenvalue weighted by atomic mass is 35.5. The molecule has 4 rings (SSSR count). The number of likely N-dealkylation sites (tertiary alicyclic amines) is 1. The van der Waals surface area contributed by atoms with E-state index in [1.807, 2.05) is 35.2 Å². The zero-order chi connectivity index (χ0) is 26.6. The third-order valence-corrected chi connectivity index (χ3v) is 7.95. The number of urea groups is 1. The highest BCUT2D eigenvalue weighted by Gasteiger charge is 2.52. The van der Waals surface area contributed by atoms with Crippen LogP contribution in [0.5, 0.6) is 11.5 Å². The molecule has 1 spiro atoms. The fourth-order valence-electron chi connectivity index (χ4n) is 5.29. The van der Waals surface area contributed by atoms with Gasteiger partial charge in [-0.3, -0.25) is 10.1 Å². The van der Waals surface area contributed by atoms with Gasteiger partial charge in [-0.15, -0.1) is 0 Å². The van der Waals surface area contributed by atoms with Crippen molar-refractivity contribution in [2.24, 2.45) is 5.92 Å². The van der Waals surface area contributed by atoms with Crippen molar-refractivity contribution in [3.63, 3.8) is 0 Å². The van der Waals surface area contributed by atoms with Gasteiger partial charge in [0.15, 0.2) is 11.5 Å². The van der Waals surface area contributed by atoms with Gasteiger partial charge in [0.1, 0.15) is 0 Å². The van der Waals surface area contributed by atoms with Crippen LogP contribution in [0, 0.1) is 5.92 Å². The fourth-order valence-corrected chi connectivity index (χ4v) is 5.48. The highest BCUT2D eigenvalue weighted by molar-refractivity contribution is 6.30. The standard InChI is InChI=1S/C28H37ClN4O4/c1-5-19(2)25-26(34)33(14-11-20-9-10-23(36-3)24(17-20)37-4)28(31-25)12-15-32(16-13-28)27(35)30-22-8-6-7-21(29)18-22/h6-10,17-19,25,31H,5,11-16H2,1-4H3,(H,30,35). The number of benzene rings is 2. The van der Waals surface area contributed by atoms with Crippen LogP contribution in [0.25, 0.3) is 0 Å². The van der Waals surface area contributed by atoms with Gasteiger partial charge in [0.2, 0.25) is 5.91 Å². The monoisotopic (exact) mass is 528 g/mol. The average Bonchev–Trinajstić information content (AvgIpc) is 3.17. The number of halogens is 1. The van der Waals surface area contributed by atoms with Gasteiger partial charge >= 0.3 is 6.03 Å². The number of carbonyl (C=O) groups excluding carboxylic acids is 2. The number of methoxy groups -OCH3 is 2. The maximum atomic E-state index is 13.6. The lowest BCUT2D eigenvalue weighted by molar-refractivity contribution is -0.133. The van der Waals surface area contributed by atoms with Crippen LogP contribution >= 0.6 is 11.6 Å². The normalized spacial score (nSPS) is 19.7. The van der Waals surface area contributed by atoms with Crippen LogP contribution in [0.2, 0.25) is 5.02 Å². The minimum atomic E-state index is -0.464. The Morgan fingerprint density at radius 3 is 2.54 bits per heavy atom.